The SMILES string of the molecule is O=C(CN1CC2CNCC2C1)N1CCOCC1. The Hall–Kier alpha value is -0.650. The quantitative estimate of drug-likeness (QED) is 0.671. The summed E-state index contributed by atoms with van der Waals surface area (Å²) in [4.78, 5) is 16.4. The predicted octanol–water partition coefficient (Wildman–Crippen LogP) is -1.00. The third kappa shape index (κ3) is 2.46. The van der Waals surface area contributed by atoms with E-state index >= 15 is 0 Å². The summed E-state index contributed by atoms with van der Waals surface area (Å²) in [6, 6.07) is 0. The fraction of sp³-hybridized carbons (Fsp3) is 0.917. The van der Waals surface area contributed by atoms with Crippen molar-refractivity contribution in [3.8, 4) is 0 Å². The third-order valence-corrected chi connectivity index (χ3v) is 4.19. The molecule has 5 heteroatoms. The molecule has 0 radical (unpaired) electrons. The van der Waals surface area contributed by atoms with Gasteiger partial charge in [-0.15, -0.1) is 0 Å². The van der Waals surface area contributed by atoms with Gasteiger partial charge in [0.2, 0.25) is 5.91 Å². The molecule has 0 saturated carbocycles. The molecular weight excluding hydrogens is 218 g/mol. The van der Waals surface area contributed by atoms with E-state index in [0.29, 0.717) is 19.8 Å². The van der Waals surface area contributed by atoms with E-state index in [2.05, 4.69) is 10.2 Å². The largest absolute Gasteiger partial charge is 0.378 e. The molecule has 0 spiro atoms. The Kier molecular flexibility index (Phi) is 3.31. The van der Waals surface area contributed by atoms with Crippen molar-refractivity contribution < 1.29 is 9.53 Å². The molecule has 3 aliphatic rings. The van der Waals surface area contributed by atoms with Crippen molar-refractivity contribution in [1.29, 1.82) is 0 Å². The summed E-state index contributed by atoms with van der Waals surface area (Å²) in [5.74, 6) is 1.82. The van der Waals surface area contributed by atoms with Crippen LogP contribution in [0.2, 0.25) is 0 Å². The lowest BCUT2D eigenvalue weighted by Crippen LogP contribution is -2.45. The first-order chi connectivity index (χ1) is 8.33. The number of rotatable bonds is 2. The van der Waals surface area contributed by atoms with Crippen LogP contribution in [0.4, 0.5) is 0 Å². The minimum Gasteiger partial charge on any atom is -0.378 e. The Balaban J connectivity index is 1.48. The molecule has 0 aliphatic carbocycles. The lowest BCUT2D eigenvalue weighted by molar-refractivity contribution is -0.136. The lowest BCUT2D eigenvalue weighted by atomic mass is 10.0. The molecule has 96 valence electrons. The third-order valence-electron chi connectivity index (χ3n) is 4.19. The van der Waals surface area contributed by atoms with Crippen molar-refractivity contribution in [2.24, 2.45) is 11.8 Å². The van der Waals surface area contributed by atoms with Crippen molar-refractivity contribution in [3.05, 3.63) is 0 Å². The average Bonchev–Trinajstić information content (AvgIpc) is 2.90. The molecule has 0 aromatic rings. The number of hydrogen-bond acceptors (Lipinski definition) is 4. The number of amides is 1. The van der Waals surface area contributed by atoms with Gasteiger partial charge in [0, 0.05) is 26.2 Å². The zero-order valence-corrected chi connectivity index (χ0v) is 10.2. The molecule has 3 fully saturated rings. The van der Waals surface area contributed by atoms with E-state index in [1.54, 1.807) is 0 Å². The number of ether oxygens (including phenoxy) is 1. The summed E-state index contributed by atoms with van der Waals surface area (Å²) in [6.45, 7) is 7.97. The molecule has 3 aliphatic heterocycles. The molecule has 2 atom stereocenters. The van der Waals surface area contributed by atoms with Gasteiger partial charge < -0.3 is 15.0 Å². The summed E-state index contributed by atoms with van der Waals surface area (Å²) in [6.07, 6.45) is 0. The molecule has 17 heavy (non-hydrogen) atoms. The van der Waals surface area contributed by atoms with Gasteiger partial charge in [0.25, 0.3) is 0 Å². The van der Waals surface area contributed by atoms with Crippen LogP contribution in [0.3, 0.4) is 0 Å². The molecule has 0 bridgehead atoms. The van der Waals surface area contributed by atoms with Gasteiger partial charge in [0.15, 0.2) is 0 Å². The Morgan fingerprint density at radius 3 is 2.47 bits per heavy atom. The number of nitrogens with zero attached hydrogens (tertiary/aromatic N) is 2. The van der Waals surface area contributed by atoms with Gasteiger partial charge in [-0.3, -0.25) is 9.69 Å². The van der Waals surface area contributed by atoms with Gasteiger partial charge >= 0.3 is 0 Å². The monoisotopic (exact) mass is 239 g/mol. The standard InChI is InChI=1S/C12H21N3O2/c16-12(15-1-3-17-4-2-15)9-14-7-10-5-13-6-11(10)8-14/h10-11,13H,1-9H2. The normalized spacial score (nSPS) is 34.0. The van der Waals surface area contributed by atoms with Gasteiger partial charge in [-0.2, -0.15) is 0 Å². The van der Waals surface area contributed by atoms with Gasteiger partial charge in [-0.1, -0.05) is 0 Å². The molecule has 1 N–H and O–H groups in total. The number of carbonyl (C=O) groups excluding carboxylic acids is 1. The maximum atomic E-state index is 12.1. The highest BCUT2D eigenvalue weighted by molar-refractivity contribution is 5.78. The van der Waals surface area contributed by atoms with E-state index in [1.165, 1.54) is 0 Å². The first-order valence-electron chi connectivity index (χ1n) is 6.61. The molecular formula is C12H21N3O2. The van der Waals surface area contributed by atoms with Crippen LogP contribution in [0.25, 0.3) is 0 Å². The van der Waals surface area contributed by atoms with Crippen LogP contribution in [-0.4, -0.2) is 74.7 Å². The highest BCUT2D eigenvalue weighted by atomic mass is 16.5. The molecule has 0 aromatic heterocycles. The van der Waals surface area contributed by atoms with Crippen molar-refractivity contribution in [3.63, 3.8) is 0 Å². The van der Waals surface area contributed by atoms with Crippen molar-refractivity contribution in [2.75, 3.05) is 59.0 Å². The van der Waals surface area contributed by atoms with E-state index in [1.807, 2.05) is 4.90 Å². The maximum absolute atomic E-state index is 12.1. The number of hydrogen-bond donors (Lipinski definition) is 1. The summed E-state index contributed by atoms with van der Waals surface area (Å²) in [5, 5.41) is 3.42. The zero-order chi connectivity index (χ0) is 11.7. The Bertz CT molecular complexity index is 279. The fourth-order valence-electron chi connectivity index (χ4n) is 3.19. The van der Waals surface area contributed by atoms with Crippen molar-refractivity contribution in [2.45, 2.75) is 0 Å². The van der Waals surface area contributed by atoms with Gasteiger partial charge in [-0.25, -0.2) is 0 Å². The highest BCUT2D eigenvalue weighted by Gasteiger charge is 2.36. The van der Waals surface area contributed by atoms with Crippen LogP contribution in [0.1, 0.15) is 0 Å². The first kappa shape index (κ1) is 11.4. The van der Waals surface area contributed by atoms with E-state index in [4.69, 9.17) is 4.74 Å². The number of morpholine rings is 1. The summed E-state index contributed by atoms with van der Waals surface area (Å²) >= 11 is 0. The van der Waals surface area contributed by atoms with E-state index in [9.17, 15) is 4.79 Å². The summed E-state index contributed by atoms with van der Waals surface area (Å²) in [5.41, 5.74) is 0. The number of likely N-dealkylation sites (tertiary alicyclic amines) is 1. The molecule has 3 rings (SSSR count). The second-order valence-electron chi connectivity index (χ2n) is 5.37. The minimum absolute atomic E-state index is 0.279. The molecule has 0 aromatic carbocycles. The number of fused-ring (bicyclic) bond motifs is 1. The van der Waals surface area contributed by atoms with Crippen LogP contribution in [0.15, 0.2) is 0 Å². The number of nitrogens with one attached hydrogen (secondary N) is 1. The topological polar surface area (TPSA) is 44.8 Å². The number of carbonyl (C=O) groups is 1. The smallest absolute Gasteiger partial charge is 0.236 e. The summed E-state index contributed by atoms with van der Waals surface area (Å²) < 4.78 is 5.26. The summed E-state index contributed by atoms with van der Waals surface area (Å²) in [7, 11) is 0. The van der Waals surface area contributed by atoms with Crippen LogP contribution in [-0.2, 0) is 9.53 Å². The van der Waals surface area contributed by atoms with Crippen molar-refractivity contribution >= 4 is 5.91 Å². The van der Waals surface area contributed by atoms with Crippen molar-refractivity contribution in [1.82, 2.24) is 15.1 Å². The van der Waals surface area contributed by atoms with Crippen LogP contribution in [0, 0.1) is 11.8 Å². The predicted molar refractivity (Wildman–Crippen MR) is 63.7 cm³/mol. The lowest BCUT2D eigenvalue weighted by Gasteiger charge is -2.28. The first-order valence-corrected chi connectivity index (χ1v) is 6.61. The van der Waals surface area contributed by atoms with Gasteiger partial charge in [0.1, 0.15) is 0 Å². The fourth-order valence-corrected chi connectivity index (χ4v) is 3.19. The molecule has 5 nitrogen and oxygen atoms in total. The minimum atomic E-state index is 0.279. The Morgan fingerprint density at radius 2 is 1.82 bits per heavy atom. The average molecular weight is 239 g/mol. The Morgan fingerprint density at radius 1 is 1.18 bits per heavy atom. The molecule has 1 amide bonds. The Labute approximate surface area is 102 Å². The van der Waals surface area contributed by atoms with E-state index in [-0.39, 0.29) is 5.91 Å². The second-order valence-corrected chi connectivity index (χ2v) is 5.37. The van der Waals surface area contributed by atoms with Crippen LogP contribution < -0.4 is 5.32 Å². The van der Waals surface area contributed by atoms with E-state index < -0.39 is 0 Å². The van der Waals surface area contributed by atoms with Crippen LogP contribution in [0.5, 0.6) is 0 Å². The van der Waals surface area contributed by atoms with Gasteiger partial charge in [-0.05, 0) is 24.9 Å². The maximum Gasteiger partial charge on any atom is 0.236 e. The van der Waals surface area contributed by atoms with Gasteiger partial charge in [0.05, 0.1) is 19.8 Å². The molecule has 3 heterocycles. The highest BCUT2D eigenvalue weighted by Crippen LogP contribution is 2.25. The molecule has 3 saturated heterocycles. The molecule has 2 unspecified atom stereocenters. The van der Waals surface area contributed by atoms with E-state index in [0.717, 1.165) is 51.1 Å². The zero-order valence-electron chi connectivity index (χ0n) is 10.2. The second kappa shape index (κ2) is 4.92. The van der Waals surface area contributed by atoms with Crippen LogP contribution >= 0.6 is 0 Å².